The van der Waals surface area contributed by atoms with Gasteiger partial charge in [-0.3, -0.25) is 0 Å². The van der Waals surface area contributed by atoms with Gasteiger partial charge in [-0.1, -0.05) is 25.1 Å². The van der Waals surface area contributed by atoms with Crippen LogP contribution < -0.4 is 15.4 Å². The number of guanidine groups is 1. The summed E-state index contributed by atoms with van der Waals surface area (Å²) in [6, 6.07) is 5.99. The van der Waals surface area contributed by atoms with Crippen LogP contribution in [0.15, 0.2) is 29.3 Å². The van der Waals surface area contributed by atoms with Crippen molar-refractivity contribution < 1.29 is 17.9 Å². The van der Waals surface area contributed by atoms with Gasteiger partial charge in [-0.05, 0) is 19.4 Å². The Bertz CT molecular complexity index is 461. The van der Waals surface area contributed by atoms with E-state index in [2.05, 4.69) is 20.4 Å². The average molecular weight is 303 g/mol. The maximum atomic E-state index is 12.3. The molecule has 0 aliphatic heterocycles. The number of benzene rings is 1. The Balaban J connectivity index is 2.80. The van der Waals surface area contributed by atoms with Crippen molar-refractivity contribution >= 4 is 5.96 Å². The topological polar surface area (TPSA) is 45.7 Å². The molecule has 0 unspecified atom stereocenters. The van der Waals surface area contributed by atoms with Crippen LogP contribution in [0.4, 0.5) is 13.2 Å². The highest BCUT2D eigenvalue weighted by Crippen LogP contribution is 2.26. The van der Waals surface area contributed by atoms with Crippen LogP contribution in [0, 0.1) is 0 Å². The van der Waals surface area contributed by atoms with Crippen molar-refractivity contribution in [1.82, 2.24) is 10.6 Å². The van der Waals surface area contributed by atoms with Crippen LogP contribution in [0.2, 0.25) is 0 Å². The summed E-state index contributed by atoms with van der Waals surface area (Å²) in [6.07, 6.45) is -3.77. The fourth-order valence-electron chi connectivity index (χ4n) is 1.61. The van der Waals surface area contributed by atoms with Crippen LogP contribution >= 0.6 is 0 Å². The van der Waals surface area contributed by atoms with E-state index in [1.807, 2.05) is 13.8 Å². The molecule has 1 rings (SSSR count). The molecule has 4 nitrogen and oxygen atoms in total. The number of hydrogen-bond acceptors (Lipinski definition) is 2. The SMILES string of the molecule is CCCNC(=NCc1ccccc1OC(F)(F)F)NCC. The summed E-state index contributed by atoms with van der Waals surface area (Å²) in [5.74, 6) is 0.348. The minimum atomic E-state index is -4.70. The summed E-state index contributed by atoms with van der Waals surface area (Å²) in [4.78, 5) is 4.26. The van der Waals surface area contributed by atoms with Crippen LogP contribution in [-0.2, 0) is 6.54 Å². The smallest absolute Gasteiger partial charge is 0.405 e. The molecular weight excluding hydrogens is 283 g/mol. The molecule has 0 aromatic heterocycles. The molecule has 0 fully saturated rings. The zero-order valence-corrected chi connectivity index (χ0v) is 12.1. The van der Waals surface area contributed by atoms with E-state index in [1.54, 1.807) is 12.1 Å². The van der Waals surface area contributed by atoms with Crippen molar-refractivity contribution in [2.24, 2.45) is 4.99 Å². The molecule has 0 amide bonds. The Morgan fingerprint density at radius 1 is 1.19 bits per heavy atom. The van der Waals surface area contributed by atoms with Crippen molar-refractivity contribution in [2.45, 2.75) is 33.2 Å². The maximum absolute atomic E-state index is 12.3. The molecular formula is C14H20F3N3O. The third-order valence-corrected chi connectivity index (χ3v) is 2.49. The highest BCUT2D eigenvalue weighted by Gasteiger charge is 2.31. The summed E-state index contributed by atoms with van der Waals surface area (Å²) in [5, 5.41) is 6.12. The first-order valence-corrected chi connectivity index (χ1v) is 6.82. The van der Waals surface area contributed by atoms with Gasteiger partial charge in [-0.15, -0.1) is 13.2 Å². The van der Waals surface area contributed by atoms with Crippen LogP contribution in [0.3, 0.4) is 0 Å². The molecule has 118 valence electrons. The lowest BCUT2D eigenvalue weighted by molar-refractivity contribution is -0.274. The molecule has 0 radical (unpaired) electrons. The van der Waals surface area contributed by atoms with Crippen LogP contribution in [0.5, 0.6) is 5.75 Å². The second-order valence-corrected chi connectivity index (χ2v) is 4.28. The zero-order chi connectivity index (χ0) is 15.7. The average Bonchev–Trinajstić information content (AvgIpc) is 2.41. The number of rotatable bonds is 6. The van der Waals surface area contributed by atoms with E-state index in [0.717, 1.165) is 13.0 Å². The summed E-state index contributed by atoms with van der Waals surface area (Å²) >= 11 is 0. The molecule has 0 saturated carbocycles. The fraction of sp³-hybridized carbons (Fsp3) is 0.500. The van der Waals surface area contributed by atoms with Gasteiger partial charge in [0.05, 0.1) is 6.54 Å². The molecule has 0 spiro atoms. The van der Waals surface area contributed by atoms with Crippen molar-refractivity contribution in [3.8, 4) is 5.75 Å². The maximum Gasteiger partial charge on any atom is 0.573 e. The van der Waals surface area contributed by atoms with Gasteiger partial charge in [0.25, 0.3) is 0 Å². The molecule has 7 heteroatoms. The quantitative estimate of drug-likeness (QED) is 0.627. The number of aliphatic imine (C=N–C) groups is 1. The van der Waals surface area contributed by atoms with Crippen LogP contribution in [0.1, 0.15) is 25.8 Å². The highest BCUT2D eigenvalue weighted by molar-refractivity contribution is 5.79. The second kappa shape index (κ2) is 8.39. The lowest BCUT2D eigenvalue weighted by Gasteiger charge is -2.13. The monoisotopic (exact) mass is 303 g/mol. The van der Waals surface area contributed by atoms with E-state index < -0.39 is 6.36 Å². The normalized spacial score (nSPS) is 12.1. The van der Waals surface area contributed by atoms with E-state index in [1.165, 1.54) is 12.1 Å². The van der Waals surface area contributed by atoms with E-state index in [9.17, 15) is 13.2 Å². The van der Waals surface area contributed by atoms with Gasteiger partial charge in [-0.25, -0.2) is 4.99 Å². The molecule has 0 saturated heterocycles. The Morgan fingerprint density at radius 2 is 1.90 bits per heavy atom. The summed E-state index contributed by atoms with van der Waals surface area (Å²) in [7, 11) is 0. The molecule has 21 heavy (non-hydrogen) atoms. The zero-order valence-electron chi connectivity index (χ0n) is 12.1. The molecule has 0 atom stereocenters. The first kappa shape index (κ1) is 17.1. The minimum Gasteiger partial charge on any atom is -0.405 e. The van der Waals surface area contributed by atoms with Gasteiger partial charge in [-0.2, -0.15) is 0 Å². The van der Waals surface area contributed by atoms with Crippen molar-refractivity contribution in [1.29, 1.82) is 0 Å². The molecule has 1 aromatic carbocycles. The van der Waals surface area contributed by atoms with Crippen molar-refractivity contribution in [3.05, 3.63) is 29.8 Å². The fourth-order valence-corrected chi connectivity index (χ4v) is 1.61. The highest BCUT2D eigenvalue weighted by atomic mass is 19.4. The number of nitrogens with zero attached hydrogens (tertiary/aromatic N) is 1. The third-order valence-electron chi connectivity index (χ3n) is 2.49. The van der Waals surface area contributed by atoms with E-state index >= 15 is 0 Å². The van der Waals surface area contributed by atoms with Gasteiger partial charge in [0, 0.05) is 18.7 Å². The van der Waals surface area contributed by atoms with E-state index in [0.29, 0.717) is 18.1 Å². The first-order valence-electron chi connectivity index (χ1n) is 6.82. The predicted octanol–water partition coefficient (Wildman–Crippen LogP) is 3.05. The van der Waals surface area contributed by atoms with Crippen LogP contribution in [0.25, 0.3) is 0 Å². The van der Waals surface area contributed by atoms with Gasteiger partial charge in [0.1, 0.15) is 5.75 Å². The molecule has 2 N–H and O–H groups in total. The van der Waals surface area contributed by atoms with E-state index in [4.69, 9.17) is 0 Å². The molecule has 0 heterocycles. The molecule has 0 aliphatic carbocycles. The number of alkyl halides is 3. The predicted molar refractivity (Wildman–Crippen MR) is 76.2 cm³/mol. The van der Waals surface area contributed by atoms with Crippen molar-refractivity contribution in [3.63, 3.8) is 0 Å². The van der Waals surface area contributed by atoms with Gasteiger partial charge in [0.2, 0.25) is 0 Å². The number of ether oxygens (including phenoxy) is 1. The second-order valence-electron chi connectivity index (χ2n) is 4.28. The van der Waals surface area contributed by atoms with Crippen LogP contribution in [-0.4, -0.2) is 25.4 Å². The Kier molecular flexibility index (Phi) is 6.84. The molecule has 1 aromatic rings. The van der Waals surface area contributed by atoms with Gasteiger partial charge >= 0.3 is 6.36 Å². The lowest BCUT2D eigenvalue weighted by Crippen LogP contribution is -2.37. The summed E-state index contributed by atoms with van der Waals surface area (Å²) in [5.41, 5.74) is 0.378. The van der Waals surface area contributed by atoms with E-state index in [-0.39, 0.29) is 12.3 Å². The largest absolute Gasteiger partial charge is 0.573 e. The number of nitrogens with one attached hydrogen (secondary N) is 2. The number of halogens is 3. The van der Waals surface area contributed by atoms with Gasteiger partial charge in [0.15, 0.2) is 5.96 Å². The Morgan fingerprint density at radius 3 is 2.52 bits per heavy atom. The van der Waals surface area contributed by atoms with Crippen molar-refractivity contribution in [2.75, 3.05) is 13.1 Å². The first-order chi connectivity index (χ1) is 9.96. The lowest BCUT2D eigenvalue weighted by atomic mass is 10.2. The number of para-hydroxylation sites is 1. The Labute approximate surface area is 122 Å². The molecule has 0 aliphatic rings. The van der Waals surface area contributed by atoms with Gasteiger partial charge < -0.3 is 15.4 Å². The third kappa shape index (κ3) is 6.87. The standard InChI is InChI=1S/C14H20F3N3O/c1-3-9-19-13(18-4-2)20-10-11-7-5-6-8-12(11)21-14(15,16)17/h5-8H,3-4,9-10H2,1-2H3,(H2,18,19,20). The molecule has 0 bridgehead atoms. The summed E-state index contributed by atoms with van der Waals surface area (Å²) < 4.78 is 41.0. The summed E-state index contributed by atoms with van der Waals surface area (Å²) in [6.45, 7) is 5.46. The Hall–Kier alpha value is -1.92. The number of hydrogen-bond donors (Lipinski definition) is 2. The minimum absolute atomic E-state index is 0.102.